The standard InChI is InChI=1S/C42H49NO6/c1-2-3-15-26-46-38-37(47-28-31-16-7-4-8-17-31)39(48-29-32-18-9-5-10-19-32)41(49-30-33-20-11-6-12-21-33)42(45,40(38)44)25-24-34-27-43-36-23-14-13-22-35(34)36/h4-14,16-23,27,37-41,43-45H,2-3,15,24-26,28-30H2,1H3. The maximum absolute atomic E-state index is 12.9. The molecule has 258 valence electrons. The van der Waals surface area contributed by atoms with Crippen LogP contribution in [0.4, 0.5) is 0 Å². The van der Waals surface area contributed by atoms with Gasteiger partial charge in [0.25, 0.3) is 0 Å². The number of nitrogens with one attached hydrogen (secondary N) is 1. The zero-order chi connectivity index (χ0) is 33.9. The van der Waals surface area contributed by atoms with Crippen molar-refractivity contribution in [3.63, 3.8) is 0 Å². The molecule has 0 aliphatic heterocycles. The van der Waals surface area contributed by atoms with E-state index in [1.165, 1.54) is 0 Å². The first-order valence-electron chi connectivity index (χ1n) is 17.6. The zero-order valence-corrected chi connectivity index (χ0v) is 28.3. The van der Waals surface area contributed by atoms with Gasteiger partial charge >= 0.3 is 0 Å². The molecule has 0 radical (unpaired) electrons. The van der Waals surface area contributed by atoms with Gasteiger partial charge in [-0.05, 0) is 47.6 Å². The molecular formula is C42H49NO6. The molecule has 1 aliphatic rings. The van der Waals surface area contributed by atoms with Crippen molar-refractivity contribution >= 4 is 10.9 Å². The SMILES string of the molecule is CCCCCOC1C(OCc2ccccc2)C(OCc2ccccc2)C(OCc2ccccc2)C(O)(CCc2c[nH]c3ccccc23)C1O. The molecule has 49 heavy (non-hydrogen) atoms. The summed E-state index contributed by atoms with van der Waals surface area (Å²) in [5, 5.41) is 26.3. The van der Waals surface area contributed by atoms with Gasteiger partial charge < -0.3 is 34.1 Å². The summed E-state index contributed by atoms with van der Waals surface area (Å²) in [7, 11) is 0. The highest BCUT2D eigenvalue weighted by Crippen LogP contribution is 2.41. The molecule has 6 rings (SSSR count). The highest BCUT2D eigenvalue weighted by molar-refractivity contribution is 5.83. The molecule has 1 aliphatic carbocycles. The van der Waals surface area contributed by atoms with Crippen LogP contribution < -0.4 is 0 Å². The Balaban J connectivity index is 1.37. The average Bonchev–Trinajstić information content (AvgIpc) is 3.57. The number of para-hydroxylation sites is 1. The van der Waals surface area contributed by atoms with E-state index in [4.69, 9.17) is 18.9 Å². The molecule has 1 fully saturated rings. The van der Waals surface area contributed by atoms with Crippen LogP contribution in [0.1, 0.15) is 54.9 Å². The third-order valence-electron chi connectivity index (χ3n) is 9.63. The van der Waals surface area contributed by atoms with Gasteiger partial charge in [0, 0.05) is 23.7 Å². The molecule has 1 saturated carbocycles. The maximum atomic E-state index is 12.9. The number of aliphatic hydroxyl groups excluding tert-OH is 1. The summed E-state index contributed by atoms with van der Waals surface area (Å²) in [4.78, 5) is 3.35. The molecule has 4 aromatic carbocycles. The number of hydrogen-bond acceptors (Lipinski definition) is 6. The van der Waals surface area contributed by atoms with Crippen LogP contribution in [0.3, 0.4) is 0 Å². The minimum absolute atomic E-state index is 0.223. The van der Waals surface area contributed by atoms with Crippen LogP contribution in [0.2, 0.25) is 0 Å². The smallest absolute Gasteiger partial charge is 0.122 e. The van der Waals surface area contributed by atoms with Crippen molar-refractivity contribution in [1.29, 1.82) is 0 Å². The van der Waals surface area contributed by atoms with E-state index < -0.39 is 36.1 Å². The predicted octanol–water partition coefficient (Wildman–Crippen LogP) is 7.54. The van der Waals surface area contributed by atoms with E-state index >= 15 is 0 Å². The summed E-state index contributed by atoms with van der Waals surface area (Å²) in [6.45, 7) is 3.37. The molecule has 3 N–H and O–H groups in total. The second kappa shape index (κ2) is 17.2. The summed E-state index contributed by atoms with van der Waals surface area (Å²) in [6.07, 6.45) is 0.995. The molecule has 0 spiro atoms. The fourth-order valence-electron chi connectivity index (χ4n) is 6.90. The molecule has 0 saturated heterocycles. The van der Waals surface area contributed by atoms with Crippen molar-refractivity contribution in [3.8, 4) is 0 Å². The molecule has 7 nitrogen and oxygen atoms in total. The quantitative estimate of drug-likeness (QED) is 0.0891. The summed E-state index contributed by atoms with van der Waals surface area (Å²) in [5.41, 5.74) is 3.29. The van der Waals surface area contributed by atoms with E-state index in [1.807, 2.05) is 115 Å². The number of ether oxygens (including phenoxy) is 4. The van der Waals surface area contributed by atoms with Crippen LogP contribution in [-0.4, -0.2) is 57.9 Å². The van der Waals surface area contributed by atoms with Gasteiger partial charge in [-0.2, -0.15) is 0 Å². The first-order chi connectivity index (χ1) is 24.1. The lowest BCUT2D eigenvalue weighted by Crippen LogP contribution is -2.72. The van der Waals surface area contributed by atoms with Crippen LogP contribution in [0.15, 0.2) is 121 Å². The van der Waals surface area contributed by atoms with Crippen LogP contribution in [0, 0.1) is 0 Å². The van der Waals surface area contributed by atoms with Gasteiger partial charge in [0.1, 0.15) is 36.1 Å². The molecular weight excluding hydrogens is 614 g/mol. The Hall–Kier alpha value is -3.82. The number of aromatic nitrogens is 1. The Morgan fingerprint density at radius 2 is 1.18 bits per heavy atom. The Morgan fingerprint density at radius 1 is 0.633 bits per heavy atom. The summed E-state index contributed by atoms with van der Waals surface area (Å²) in [6, 6.07) is 37.9. The Labute approximate surface area is 289 Å². The molecule has 5 aromatic rings. The van der Waals surface area contributed by atoms with Crippen molar-refractivity contribution in [3.05, 3.63) is 144 Å². The number of aliphatic hydroxyl groups is 2. The van der Waals surface area contributed by atoms with Gasteiger partial charge in [0.2, 0.25) is 0 Å². The highest BCUT2D eigenvalue weighted by Gasteiger charge is 2.60. The molecule has 1 aromatic heterocycles. The number of hydrogen-bond donors (Lipinski definition) is 3. The van der Waals surface area contributed by atoms with Crippen molar-refractivity contribution < 1.29 is 29.2 Å². The summed E-state index contributed by atoms with van der Waals surface area (Å²) >= 11 is 0. The van der Waals surface area contributed by atoms with E-state index in [-0.39, 0.29) is 26.2 Å². The van der Waals surface area contributed by atoms with Gasteiger partial charge in [0.15, 0.2) is 0 Å². The maximum Gasteiger partial charge on any atom is 0.122 e. The number of benzene rings is 4. The second-order valence-corrected chi connectivity index (χ2v) is 13.1. The zero-order valence-electron chi connectivity index (χ0n) is 28.3. The molecule has 0 amide bonds. The number of unbranched alkanes of at least 4 members (excludes halogenated alkanes) is 2. The Kier molecular flexibility index (Phi) is 12.3. The van der Waals surface area contributed by atoms with Gasteiger partial charge in [-0.3, -0.25) is 0 Å². The fourth-order valence-corrected chi connectivity index (χ4v) is 6.90. The minimum atomic E-state index is -1.73. The first kappa shape index (κ1) is 35.0. The van der Waals surface area contributed by atoms with Crippen LogP contribution in [0.5, 0.6) is 0 Å². The van der Waals surface area contributed by atoms with Crippen molar-refractivity contribution in [2.45, 2.75) is 95.0 Å². The number of fused-ring (bicyclic) bond motifs is 1. The van der Waals surface area contributed by atoms with E-state index in [9.17, 15) is 10.2 Å². The normalized spacial score (nSPS) is 23.9. The minimum Gasteiger partial charge on any atom is -0.387 e. The first-order valence-corrected chi connectivity index (χ1v) is 17.6. The summed E-state index contributed by atoms with van der Waals surface area (Å²) in [5.74, 6) is 0. The Bertz CT molecular complexity index is 1680. The van der Waals surface area contributed by atoms with E-state index in [1.54, 1.807) is 0 Å². The second-order valence-electron chi connectivity index (χ2n) is 13.1. The monoisotopic (exact) mass is 663 g/mol. The molecule has 6 atom stereocenters. The van der Waals surface area contributed by atoms with E-state index in [0.29, 0.717) is 13.0 Å². The van der Waals surface area contributed by atoms with Gasteiger partial charge in [-0.1, -0.05) is 129 Å². The van der Waals surface area contributed by atoms with Gasteiger partial charge in [-0.25, -0.2) is 0 Å². The third kappa shape index (κ3) is 8.68. The number of H-pyrrole nitrogens is 1. The van der Waals surface area contributed by atoms with Crippen molar-refractivity contribution in [2.75, 3.05) is 6.61 Å². The van der Waals surface area contributed by atoms with Gasteiger partial charge in [0.05, 0.1) is 19.8 Å². The largest absolute Gasteiger partial charge is 0.387 e. The van der Waals surface area contributed by atoms with Crippen molar-refractivity contribution in [1.82, 2.24) is 4.98 Å². The molecule has 0 bridgehead atoms. The molecule has 1 heterocycles. The van der Waals surface area contributed by atoms with Crippen molar-refractivity contribution in [2.24, 2.45) is 0 Å². The van der Waals surface area contributed by atoms with E-state index in [0.717, 1.165) is 52.4 Å². The lowest BCUT2D eigenvalue weighted by atomic mass is 9.71. The predicted molar refractivity (Wildman–Crippen MR) is 192 cm³/mol. The number of rotatable bonds is 17. The van der Waals surface area contributed by atoms with Crippen LogP contribution in [0.25, 0.3) is 10.9 Å². The number of aryl methyl sites for hydroxylation is 1. The lowest BCUT2D eigenvalue weighted by molar-refractivity contribution is -0.307. The van der Waals surface area contributed by atoms with E-state index in [2.05, 4.69) is 18.0 Å². The third-order valence-corrected chi connectivity index (χ3v) is 9.63. The molecule has 6 unspecified atom stereocenters. The molecule has 7 heteroatoms. The lowest BCUT2D eigenvalue weighted by Gasteiger charge is -2.53. The number of aromatic amines is 1. The van der Waals surface area contributed by atoms with Crippen LogP contribution >= 0.6 is 0 Å². The summed E-state index contributed by atoms with van der Waals surface area (Å²) < 4.78 is 26.7. The van der Waals surface area contributed by atoms with Crippen LogP contribution in [-0.2, 0) is 45.2 Å². The highest BCUT2D eigenvalue weighted by atomic mass is 16.6. The topological polar surface area (TPSA) is 93.2 Å². The van der Waals surface area contributed by atoms with Gasteiger partial charge in [-0.15, -0.1) is 0 Å². The fraction of sp³-hybridized carbons (Fsp3) is 0.381. The Morgan fingerprint density at radius 3 is 1.80 bits per heavy atom. The average molecular weight is 664 g/mol.